The number of amides is 1. The maximum atomic E-state index is 12.5. The summed E-state index contributed by atoms with van der Waals surface area (Å²) in [5, 5.41) is 0. The smallest absolute Gasteiger partial charge is 0.231 e. The molecule has 0 radical (unpaired) electrons. The number of rotatable bonds is 5. The van der Waals surface area contributed by atoms with Crippen LogP contribution >= 0.6 is 0 Å². The van der Waals surface area contributed by atoms with E-state index < -0.39 is 0 Å². The van der Waals surface area contributed by atoms with Gasteiger partial charge in [0.1, 0.15) is 0 Å². The standard InChI is InChI=1S/C21H26N3O3/c1-17-4-7-22(8-5-17)9-6-21(25)24-12-10-23(11-13-24)15-18-2-3-19-20(14-18)27-16-26-19/h2-5,7-8,14H,6,9-13,15-16H2,1H3/q+1. The molecule has 0 spiro atoms. The molecule has 6 heteroatoms. The van der Waals surface area contributed by atoms with E-state index in [9.17, 15) is 4.79 Å². The van der Waals surface area contributed by atoms with E-state index in [-0.39, 0.29) is 5.91 Å². The summed E-state index contributed by atoms with van der Waals surface area (Å²) < 4.78 is 12.9. The Balaban J connectivity index is 1.23. The van der Waals surface area contributed by atoms with Gasteiger partial charge >= 0.3 is 0 Å². The molecule has 27 heavy (non-hydrogen) atoms. The van der Waals surface area contributed by atoms with Crippen LogP contribution in [-0.2, 0) is 17.9 Å². The van der Waals surface area contributed by atoms with Crippen LogP contribution in [0, 0.1) is 6.92 Å². The molecule has 2 aliphatic rings. The molecule has 0 saturated carbocycles. The zero-order chi connectivity index (χ0) is 18.6. The molecular formula is C21H26N3O3+. The Bertz CT molecular complexity index is 799. The van der Waals surface area contributed by atoms with Gasteiger partial charge in [-0.2, -0.15) is 0 Å². The van der Waals surface area contributed by atoms with Crippen LogP contribution in [0.15, 0.2) is 42.7 Å². The van der Waals surface area contributed by atoms with Crippen LogP contribution in [0.25, 0.3) is 0 Å². The van der Waals surface area contributed by atoms with E-state index in [0.717, 1.165) is 50.8 Å². The molecule has 0 aliphatic carbocycles. The zero-order valence-electron chi connectivity index (χ0n) is 15.8. The van der Waals surface area contributed by atoms with E-state index in [2.05, 4.69) is 40.7 Å². The predicted molar refractivity (Wildman–Crippen MR) is 100 cm³/mol. The van der Waals surface area contributed by atoms with Crippen LogP contribution < -0.4 is 14.0 Å². The largest absolute Gasteiger partial charge is 0.454 e. The fourth-order valence-electron chi connectivity index (χ4n) is 3.52. The molecule has 1 aromatic heterocycles. The second-order valence-corrected chi connectivity index (χ2v) is 7.21. The number of nitrogens with zero attached hydrogens (tertiary/aromatic N) is 3. The second kappa shape index (κ2) is 7.96. The number of hydrogen-bond acceptors (Lipinski definition) is 4. The molecule has 1 amide bonds. The van der Waals surface area contributed by atoms with Crippen LogP contribution in [0.3, 0.4) is 0 Å². The maximum absolute atomic E-state index is 12.5. The van der Waals surface area contributed by atoms with Gasteiger partial charge in [-0.25, -0.2) is 4.57 Å². The number of carbonyl (C=O) groups excluding carboxylic acids is 1. The highest BCUT2D eigenvalue weighted by Crippen LogP contribution is 2.32. The summed E-state index contributed by atoms with van der Waals surface area (Å²) in [6.45, 7) is 7.37. The van der Waals surface area contributed by atoms with Crippen LogP contribution in [0.4, 0.5) is 0 Å². The third kappa shape index (κ3) is 4.39. The average molecular weight is 368 g/mol. The summed E-state index contributed by atoms with van der Waals surface area (Å²) in [4.78, 5) is 16.9. The van der Waals surface area contributed by atoms with Crippen molar-refractivity contribution in [3.8, 4) is 11.5 Å². The van der Waals surface area contributed by atoms with Crippen molar-refractivity contribution in [2.45, 2.75) is 26.4 Å². The minimum absolute atomic E-state index is 0.241. The van der Waals surface area contributed by atoms with Gasteiger partial charge in [0.2, 0.25) is 12.7 Å². The Morgan fingerprint density at radius 2 is 1.78 bits per heavy atom. The third-order valence-electron chi connectivity index (χ3n) is 5.21. The van der Waals surface area contributed by atoms with Crippen molar-refractivity contribution in [3.05, 3.63) is 53.9 Å². The number of ether oxygens (including phenoxy) is 2. The van der Waals surface area contributed by atoms with E-state index in [1.807, 2.05) is 23.4 Å². The van der Waals surface area contributed by atoms with E-state index in [0.29, 0.717) is 13.2 Å². The Hall–Kier alpha value is -2.60. The molecule has 2 aromatic rings. The molecule has 142 valence electrons. The van der Waals surface area contributed by atoms with Gasteiger partial charge in [-0.3, -0.25) is 9.69 Å². The number of aromatic nitrogens is 1. The van der Waals surface area contributed by atoms with Crippen molar-refractivity contribution in [2.75, 3.05) is 33.0 Å². The number of carbonyl (C=O) groups is 1. The SMILES string of the molecule is Cc1cc[n+](CCC(=O)N2CCN(Cc3ccc4c(c3)OCO4)CC2)cc1. The van der Waals surface area contributed by atoms with Gasteiger partial charge in [-0.05, 0) is 30.2 Å². The monoisotopic (exact) mass is 368 g/mol. The first kappa shape index (κ1) is 17.8. The van der Waals surface area contributed by atoms with E-state index >= 15 is 0 Å². The first-order valence-corrected chi connectivity index (χ1v) is 9.52. The van der Waals surface area contributed by atoms with E-state index in [4.69, 9.17) is 9.47 Å². The van der Waals surface area contributed by atoms with Crippen molar-refractivity contribution >= 4 is 5.91 Å². The van der Waals surface area contributed by atoms with Gasteiger partial charge in [0, 0.05) is 44.9 Å². The van der Waals surface area contributed by atoms with Gasteiger partial charge in [0.05, 0.1) is 6.42 Å². The molecule has 3 heterocycles. The van der Waals surface area contributed by atoms with Crippen molar-refractivity contribution in [1.29, 1.82) is 0 Å². The molecule has 2 aliphatic heterocycles. The maximum Gasteiger partial charge on any atom is 0.231 e. The first-order chi connectivity index (χ1) is 13.2. The van der Waals surface area contributed by atoms with Gasteiger partial charge in [-0.15, -0.1) is 0 Å². The third-order valence-corrected chi connectivity index (χ3v) is 5.21. The highest BCUT2D eigenvalue weighted by Gasteiger charge is 2.22. The number of pyridine rings is 1. The van der Waals surface area contributed by atoms with Gasteiger partial charge in [0.15, 0.2) is 30.4 Å². The van der Waals surface area contributed by atoms with E-state index in [1.54, 1.807) is 0 Å². The molecule has 1 saturated heterocycles. The summed E-state index contributed by atoms with van der Waals surface area (Å²) in [5.74, 6) is 1.89. The number of hydrogen-bond donors (Lipinski definition) is 0. The van der Waals surface area contributed by atoms with Crippen molar-refractivity contribution in [3.63, 3.8) is 0 Å². The van der Waals surface area contributed by atoms with Gasteiger partial charge in [0.25, 0.3) is 0 Å². The molecule has 0 bridgehead atoms. The topological polar surface area (TPSA) is 45.9 Å². The average Bonchev–Trinajstić information content (AvgIpc) is 3.16. The molecule has 0 N–H and O–H groups in total. The normalized spacial score (nSPS) is 16.6. The van der Waals surface area contributed by atoms with Crippen LogP contribution in [0.2, 0.25) is 0 Å². The predicted octanol–water partition coefficient (Wildman–Crippen LogP) is 1.75. The number of piperazine rings is 1. The fraction of sp³-hybridized carbons (Fsp3) is 0.429. The highest BCUT2D eigenvalue weighted by molar-refractivity contribution is 5.76. The van der Waals surface area contributed by atoms with Gasteiger partial charge in [-0.1, -0.05) is 6.07 Å². The molecule has 1 fully saturated rings. The molecule has 0 atom stereocenters. The first-order valence-electron chi connectivity index (χ1n) is 9.52. The molecule has 4 rings (SSSR count). The lowest BCUT2D eigenvalue weighted by atomic mass is 10.1. The summed E-state index contributed by atoms with van der Waals surface area (Å²) in [7, 11) is 0. The highest BCUT2D eigenvalue weighted by atomic mass is 16.7. The van der Waals surface area contributed by atoms with Crippen molar-refractivity contribution in [2.24, 2.45) is 0 Å². The van der Waals surface area contributed by atoms with Crippen molar-refractivity contribution < 1.29 is 18.8 Å². The Morgan fingerprint density at radius 3 is 2.56 bits per heavy atom. The summed E-state index contributed by atoms with van der Waals surface area (Å²) in [6.07, 6.45) is 4.62. The van der Waals surface area contributed by atoms with Crippen LogP contribution in [-0.4, -0.2) is 48.7 Å². The molecular weight excluding hydrogens is 342 g/mol. The quantitative estimate of drug-likeness (QED) is 0.755. The lowest BCUT2D eigenvalue weighted by Gasteiger charge is -2.34. The van der Waals surface area contributed by atoms with Crippen LogP contribution in [0.5, 0.6) is 11.5 Å². The minimum atomic E-state index is 0.241. The Labute approximate surface area is 159 Å². The lowest BCUT2D eigenvalue weighted by molar-refractivity contribution is -0.696. The molecule has 6 nitrogen and oxygen atoms in total. The minimum Gasteiger partial charge on any atom is -0.454 e. The van der Waals surface area contributed by atoms with Crippen LogP contribution in [0.1, 0.15) is 17.5 Å². The molecule has 0 unspecified atom stereocenters. The summed E-state index contributed by atoms with van der Waals surface area (Å²) in [6, 6.07) is 10.3. The summed E-state index contributed by atoms with van der Waals surface area (Å²) >= 11 is 0. The number of aryl methyl sites for hydroxylation is 2. The summed E-state index contributed by atoms with van der Waals surface area (Å²) in [5.41, 5.74) is 2.45. The van der Waals surface area contributed by atoms with Crippen molar-refractivity contribution in [1.82, 2.24) is 9.80 Å². The Morgan fingerprint density at radius 1 is 1.04 bits per heavy atom. The van der Waals surface area contributed by atoms with Gasteiger partial charge < -0.3 is 14.4 Å². The second-order valence-electron chi connectivity index (χ2n) is 7.21. The molecule has 1 aromatic carbocycles. The zero-order valence-corrected chi connectivity index (χ0v) is 15.8. The number of benzene rings is 1. The van der Waals surface area contributed by atoms with E-state index in [1.165, 1.54) is 11.1 Å². The Kier molecular flexibility index (Phi) is 5.25. The fourth-order valence-corrected chi connectivity index (χ4v) is 3.52. The number of fused-ring (bicyclic) bond motifs is 1. The lowest BCUT2D eigenvalue weighted by Crippen LogP contribution is -2.49.